The molecule has 1 rings (SSSR count). The molecule has 0 bridgehead atoms. The number of likely N-dealkylation sites (N-methyl/N-ethyl adjacent to an activating group) is 1. The van der Waals surface area contributed by atoms with Crippen LogP contribution in [0.25, 0.3) is 0 Å². The van der Waals surface area contributed by atoms with E-state index in [-0.39, 0.29) is 4.90 Å². The molecule has 0 radical (unpaired) electrons. The first-order valence-corrected chi connectivity index (χ1v) is 7.14. The lowest BCUT2D eigenvalue weighted by Crippen LogP contribution is -2.30. The molecule has 1 aromatic rings. The van der Waals surface area contributed by atoms with Crippen LogP contribution in [-0.2, 0) is 15.8 Å². The van der Waals surface area contributed by atoms with E-state index in [1.165, 1.54) is 39.1 Å². The second kappa shape index (κ2) is 5.32. The summed E-state index contributed by atoms with van der Waals surface area (Å²) in [7, 11) is -2.32. The Morgan fingerprint density at radius 3 is 2.33 bits per heavy atom. The Morgan fingerprint density at radius 1 is 1.28 bits per heavy atom. The van der Waals surface area contributed by atoms with Crippen molar-refractivity contribution in [3.63, 3.8) is 0 Å². The number of nitrogens with one attached hydrogen (secondary N) is 1. The predicted octanol–water partition coefficient (Wildman–Crippen LogP) is 2.18. The minimum Gasteiger partial charge on any atom is -0.314 e. The van der Waals surface area contributed by atoms with E-state index in [1.807, 2.05) is 0 Å². The maximum atomic E-state index is 13.9. The Balaban J connectivity index is 3.41. The summed E-state index contributed by atoms with van der Waals surface area (Å²) in [6.07, 6.45) is 0. The molecule has 0 amide bonds. The van der Waals surface area contributed by atoms with Crippen molar-refractivity contribution in [1.29, 1.82) is 0 Å². The van der Waals surface area contributed by atoms with Crippen molar-refractivity contribution in [2.75, 3.05) is 13.6 Å². The van der Waals surface area contributed by atoms with Crippen LogP contribution in [0.2, 0.25) is 0 Å². The number of sulfone groups is 1. The zero-order valence-electron chi connectivity index (χ0n) is 10.6. The number of halogens is 2. The summed E-state index contributed by atoms with van der Waals surface area (Å²) in [6.45, 7) is 2.35. The maximum Gasteiger partial charge on any atom is 0.286 e. The van der Waals surface area contributed by atoms with Gasteiger partial charge in [-0.05, 0) is 27.0 Å². The topological polar surface area (TPSA) is 46.2 Å². The molecular weight excluding hydrogens is 260 g/mol. The van der Waals surface area contributed by atoms with Crippen molar-refractivity contribution >= 4 is 9.84 Å². The van der Waals surface area contributed by atoms with E-state index in [9.17, 15) is 17.2 Å². The molecule has 0 aliphatic carbocycles. The van der Waals surface area contributed by atoms with Gasteiger partial charge < -0.3 is 5.32 Å². The van der Waals surface area contributed by atoms with Gasteiger partial charge in [-0.15, -0.1) is 0 Å². The quantitative estimate of drug-likeness (QED) is 0.897. The van der Waals surface area contributed by atoms with Gasteiger partial charge in [-0.25, -0.2) is 8.42 Å². The van der Waals surface area contributed by atoms with Crippen molar-refractivity contribution < 1.29 is 17.2 Å². The number of benzene rings is 1. The van der Waals surface area contributed by atoms with Crippen LogP contribution in [0.5, 0.6) is 0 Å². The number of alkyl halides is 2. The summed E-state index contributed by atoms with van der Waals surface area (Å²) < 4.78 is 51.9. The average molecular weight is 277 g/mol. The molecule has 3 nitrogen and oxygen atoms in total. The van der Waals surface area contributed by atoms with E-state index < -0.39 is 33.1 Å². The van der Waals surface area contributed by atoms with Crippen molar-refractivity contribution in [1.82, 2.24) is 5.32 Å². The first-order valence-electron chi connectivity index (χ1n) is 5.59. The van der Waals surface area contributed by atoms with Gasteiger partial charge in [0.05, 0.1) is 16.7 Å². The normalized spacial score (nSPS) is 13.0. The van der Waals surface area contributed by atoms with Crippen molar-refractivity contribution in [2.24, 2.45) is 0 Å². The fourth-order valence-electron chi connectivity index (χ4n) is 1.59. The van der Waals surface area contributed by atoms with E-state index >= 15 is 0 Å². The van der Waals surface area contributed by atoms with Gasteiger partial charge in [-0.2, -0.15) is 8.78 Å². The van der Waals surface area contributed by atoms with Crippen LogP contribution < -0.4 is 5.32 Å². The van der Waals surface area contributed by atoms with Gasteiger partial charge >= 0.3 is 0 Å². The molecule has 1 N–H and O–H groups in total. The Morgan fingerprint density at radius 2 is 1.83 bits per heavy atom. The molecule has 6 heteroatoms. The van der Waals surface area contributed by atoms with Gasteiger partial charge in [0.25, 0.3) is 5.92 Å². The molecule has 0 unspecified atom stereocenters. The van der Waals surface area contributed by atoms with Gasteiger partial charge in [0.1, 0.15) is 0 Å². The summed E-state index contributed by atoms with van der Waals surface area (Å²) in [5.74, 6) is -3.21. The molecule has 0 spiro atoms. The third-order valence-electron chi connectivity index (χ3n) is 2.61. The second-order valence-electron chi connectivity index (χ2n) is 4.32. The molecular formula is C12H17F2NO2S. The highest BCUT2D eigenvalue weighted by Crippen LogP contribution is 2.33. The van der Waals surface area contributed by atoms with E-state index in [1.54, 1.807) is 0 Å². The molecule has 0 saturated heterocycles. The van der Waals surface area contributed by atoms with Crippen LogP contribution in [0, 0.1) is 0 Å². The van der Waals surface area contributed by atoms with E-state index in [0.717, 1.165) is 6.07 Å². The second-order valence-corrected chi connectivity index (χ2v) is 6.80. The summed E-state index contributed by atoms with van der Waals surface area (Å²) in [4.78, 5) is -0.291. The summed E-state index contributed by atoms with van der Waals surface area (Å²) in [5.41, 5.74) is -0.451. The van der Waals surface area contributed by atoms with Crippen LogP contribution in [0.1, 0.15) is 19.4 Å². The van der Waals surface area contributed by atoms with Crippen LogP contribution in [0.15, 0.2) is 29.2 Å². The molecule has 0 aromatic heterocycles. The lowest BCUT2D eigenvalue weighted by atomic mass is 10.1. The van der Waals surface area contributed by atoms with Gasteiger partial charge in [0, 0.05) is 5.56 Å². The molecule has 0 aliphatic heterocycles. The first-order chi connectivity index (χ1) is 8.23. The van der Waals surface area contributed by atoms with E-state index in [4.69, 9.17) is 0 Å². The van der Waals surface area contributed by atoms with Gasteiger partial charge in [-0.1, -0.05) is 18.2 Å². The van der Waals surface area contributed by atoms with Gasteiger partial charge in [0.2, 0.25) is 0 Å². The lowest BCUT2D eigenvalue weighted by molar-refractivity contribution is -0.00413. The number of hydrogen-bond donors (Lipinski definition) is 1. The lowest BCUT2D eigenvalue weighted by Gasteiger charge is -2.20. The van der Waals surface area contributed by atoms with Crippen LogP contribution in [0.3, 0.4) is 0 Å². The van der Waals surface area contributed by atoms with Crippen LogP contribution in [-0.4, -0.2) is 27.3 Å². The molecule has 0 fully saturated rings. The Hall–Kier alpha value is -1.01. The first kappa shape index (κ1) is 15.0. The third-order valence-corrected chi connectivity index (χ3v) is 4.82. The number of hydrogen-bond acceptors (Lipinski definition) is 3. The summed E-state index contributed by atoms with van der Waals surface area (Å²) in [5, 5.41) is 1.64. The maximum absolute atomic E-state index is 13.9. The Bertz CT molecular complexity index is 513. The highest BCUT2D eigenvalue weighted by atomic mass is 32.2. The average Bonchev–Trinajstić information content (AvgIpc) is 2.28. The van der Waals surface area contributed by atoms with Crippen LogP contribution in [0.4, 0.5) is 8.78 Å². The van der Waals surface area contributed by atoms with E-state index in [2.05, 4.69) is 5.32 Å². The number of rotatable bonds is 5. The van der Waals surface area contributed by atoms with Crippen molar-refractivity contribution in [3.8, 4) is 0 Å². The molecule has 0 aliphatic rings. The molecule has 0 atom stereocenters. The van der Waals surface area contributed by atoms with Crippen molar-refractivity contribution in [3.05, 3.63) is 29.8 Å². The van der Waals surface area contributed by atoms with Gasteiger partial charge in [-0.3, -0.25) is 0 Å². The third kappa shape index (κ3) is 2.87. The molecule has 18 heavy (non-hydrogen) atoms. The highest BCUT2D eigenvalue weighted by Gasteiger charge is 2.37. The smallest absolute Gasteiger partial charge is 0.286 e. The summed E-state index contributed by atoms with van der Waals surface area (Å²) in [6, 6.07) is 5.26. The SMILES string of the molecule is CNCC(F)(F)c1ccccc1S(=O)(=O)C(C)C. The molecule has 102 valence electrons. The standard InChI is InChI=1S/C12H17F2NO2S/c1-9(2)18(16,17)11-7-5-4-6-10(11)12(13,14)8-15-3/h4-7,9,15H,8H2,1-3H3. The summed E-state index contributed by atoms with van der Waals surface area (Å²) >= 11 is 0. The Labute approximate surface area is 106 Å². The Kier molecular flexibility index (Phi) is 4.45. The zero-order chi connectivity index (χ0) is 14.0. The molecule has 0 heterocycles. The minimum absolute atomic E-state index is 0.291. The van der Waals surface area contributed by atoms with Crippen LogP contribution >= 0.6 is 0 Å². The monoisotopic (exact) mass is 277 g/mol. The minimum atomic E-state index is -3.72. The zero-order valence-corrected chi connectivity index (χ0v) is 11.4. The fraction of sp³-hybridized carbons (Fsp3) is 0.500. The fourth-order valence-corrected chi connectivity index (χ4v) is 2.89. The predicted molar refractivity (Wildman–Crippen MR) is 66.6 cm³/mol. The largest absolute Gasteiger partial charge is 0.314 e. The molecule has 0 saturated carbocycles. The van der Waals surface area contributed by atoms with Crippen molar-refractivity contribution in [2.45, 2.75) is 29.9 Å². The molecule has 1 aromatic carbocycles. The van der Waals surface area contributed by atoms with E-state index in [0.29, 0.717) is 0 Å². The highest BCUT2D eigenvalue weighted by molar-refractivity contribution is 7.92. The van der Waals surface area contributed by atoms with Gasteiger partial charge in [0.15, 0.2) is 9.84 Å².